The molecule has 0 radical (unpaired) electrons. The molecule has 0 aliphatic heterocycles. The molecule has 0 aliphatic rings. The average molecular weight is 201 g/mol. The molecular weight excluding hydrogens is 178 g/mol. The number of amides is 1. The van der Waals surface area contributed by atoms with Crippen LogP contribution in [0, 0.1) is 5.92 Å². The number of hydrogen-bond acceptors (Lipinski definition) is 2. The molecule has 0 saturated carbocycles. The maximum atomic E-state index is 11.2. The zero-order valence-electron chi connectivity index (χ0n) is 9.38. The van der Waals surface area contributed by atoms with Crippen molar-refractivity contribution in [3.63, 3.8) is 0 Å². The molecule has 0 rings (SSSR count). The summed E-state index contributed by atoms with van der Waals surface area (Å²) >= 11 is 0. The van der Waals surface area contributed by atoms with Gasteiger partial charge < -0.3 is 10.4 Å². The van der Waals surface area contributed by atoms with E-state index in [0.717, 1.165) is 25.7 Å². The van der Waals surface area contributed by atoms with Gasteiger partial charge >= 0.3 is 0 Å². The first-order chi connectivity index (χ1) is 6.74. The minimum absolute atomic E-state index is 0.131. The van der Waals surface area contributed by atoms with Crippen molar-refractivity contribution in [2.45, 2.75) is 46.0 Å². The van der Waals surface area contributed by atoms with E-state index in [1.165, 1.54) is 0 Å². The van der Waals surface area contributed by atoms with E-state index in [1.807, 2.05) is 6.92 Å². The summed E-state index contributed by atoms with van der Waals surface area (Å²) in [6.45, 7) is 5.05. The normalized spacial score (nSPS) is 12.5. The van der Waals surface area contributed by atoms with Crippen molar-refractivity contribution in [3.8, 4) is 0 Å². The maximum absolute atomic E-state index is 11.2. The second-order valence-corrected chi connectivity index (χ2v) is 3.72. The lowest BCUT2D eigenvalue weighted by Gasteiger charge is -2.15. The van der Waals surface area contributed by atoms with Crippen molar-refractivity contribution in [3.05, 3.63) is 0 Å². The minimum Gasteiger partial charge on any atom is -0.396 e. The molecule has 0 aromatic rings. The molecule has 0 fully saturated rings. The number of aliphatic hydroxyl groups is 1. The highest BCUT2D eigenvalue weighted by atomic mass is 16.3. The van der Waals surface area contributed by atoms with E-state index in [1.54, 1.807) is 0 Å². The second kappa shape index (κ2) is 9.00. The van der Waals surface area contributed by atoms with E-state index in [2.05, 4.69) is 12.2 Å². The molecular formula is C11H23NO2. The highest BCUT2D eigenvalue weighted by molar-refractivity contribution is 5.75. The summed E-state index contributed by atoms with van der Waals surface area (Å²) in [7, 11) is 0. The number of aliphatic hydroxyl groups excluding tert-OH is 1. The lowest BCUT2D eigenvalue weighted by molar-refractivity contribution is -0.121. The molecule has 3 heteroatoms. The zero-order valence-corrected chi connectivity index (χ0v) is 9.38. The predicted octanol–water partition coefficient (Wildman–Crippen LogP) is 1.70. The number of hydrogen-bond donors (Lipinski definition) is 2. The SMILES string of the molecule is CCCC(=O)NCC(CCC)CCO. The Kier molecular flexibility index (Phi) is 8.64. The molecule has 84 valence electrons. The third kappa shape index (κ3) is 6.89. The van der Waals surface area contributed by atoms with Gasteiger partial charge in [-0.15, -0.1) is 0 Å². The first-order valence-corrected chi connectivity index (χ1v) is 5.62. The Balaban J connectivity index is 3.63. The average Bonchev–Trinajstić information content (AvgIpc) is 2.15. The summed E-state index contributed by atoms with van der Waals surface area (Å²) in [5, 5.41) is 11.7. The van der Waals surface area contributed by atoms with Crippen LogP contribution in [0.2, 0.25) is 0 Å². The van der Waals surface area contributed by atoms with Crippen LogP contribution in [0.25, 0.3) is 0 Å². The number of rotatable bonds is 8. The number of nitrogens with one attached hydrogen (secondary N) is 1. The Morgan fingerprint density at radius 1 is 1.29 bits per heavy atom. The standard InChI is InChI=1S/C11H23NO2/c1-3-5-10(7-8-13)9-12-11(14)6-4-2/h10,13H,3-9H2,1-2H3,(H,12,14). The molecule has 0 spiro atoms. The molecule has 3 nitrogen and oxygen atoms in total. The molecule has 14 heavy (non-hydrogen) atoms. The molecule has 0 aliphatic carbocycles. The van der Waals surface area contributed by atoms with Gasteiger partial charge in [-0.1, -0.05) is 20.3 Å². The summed E-state index contributed by atoms with van der Waals surface area (Å²) in [5.41, 5.74) is 0. The van der Waals surface area contributed by atoms with Crippen LogP contribution in [0.4, 0.5) is 0 Å². The Labute approximate surface area is 86.9 Å². The largest absolute Gasteiger partial charge is 0.396 e. The van der Waals surface area contributed by atoms with Crippen LogP contribution in [0.5, 0.6) is 0 Å². The Bertz CT molecular complexity index is 142. The van der Waals surface area contributed by atoms with Crippen molar-refractivity contribution in [2.75, 3.05) is 13.2 Å². The first-order valence-electron chi connectivity index (χ1n) is 5.62. The number of carbonyl (C=O) groups excluding carboxylic acids is 1. The molecule has 1 amide bonds. The van der Waals surface area contributed by atoms with Crippen LogP contribution < -0.4 is 5.32 Å². The van der Waals surface area contributed by atoms with Crippen molar-refractivity contribution < 1.29 is 9.90 Å². The summed E-state index contributed by atoms with van der Waals surface area (Å²) in [5.74, 6) is 0.567. The van der Waals surface area contributed by atoms with Gasteiger partial charge in [-0.05, 0) is 25.2 Å². The van der Waals surface area contributed by atoms with Gasteiger partial charge in [0.1, 0.15) is 0 Å². The molecule has 0 aromatic carbocycles. The fraction of sp³-hybridized carbons (Fsp3) is 0.909. The van der Waals surface area contributed by atoms with Crippen LogP contribution >= 0.6 is 0 Å². The highest BCUT2D eigenvalue weighted by Crippen LogP contribution is 2.09. The van der Waals surface area contributed by atoms with E-state index in [9.17, 15) is 4.79 Å². The van der Waals surface area contributed by atoms with E-state index in [0.29, 0.717) is 18.9 Å². The predicted molar refractivity (Wildman–Crippen MR) is 58.0 cm³/mol. The minimum atomic E-state index is 0.131. The topological polar surface area (TPSA) is 49.3 Å². The molecule has 0 aromatic heterocycles. The number of carbonyl (C=O) groups is 1. The van der Waals surface area contributed by atoms with E-state index in [4.69, 9.17) is 5.11 Å². The molecule has 1 unspecified atom stereocenters. The maximum Gasteiger partial charge on any atom is 0.219 e. The van der Waals surface area contributed by atoms with Crippen molar-refractivity contribution in [1.82, 2.24) is 5.32 Å². The van der Waals surface area contributed by atoms with Gasteiger partial charge in [0.25, 0.3) is 0 Å². The first kappa shape index (κ1) is 13.4. The second-order valence-electron chi connectivity index (χ2n) is 3.72. The van der Waals surface area contributed by atoms with Gasteiger partial charge in [0.2, 0.25) is 5.91 Å². The highest BCUT2D eigenvalue weighted by Gasteiger charge is 2.08. The quantitative estimate of drug-likeness (QED) is 0.628. The molecule has 2 N–H and O–H groups in total. The van der Waals surface area contributed by atoms with Crippen LogP contribution in [0.1, 0.15) is 46.0 Å². The Morgan fingerprint density at radius 2 is 2.00 bits per heavy atom. The summed E-state index contributed by atoms with van der Waals surface area (Å²) in [6.07, 6.45) is 4.48. The van der Waals surface area contributed by atoms with Gasteiger partial charge in [0, 0.05) is 19.6 Å². The van der Waals surface area contributed by atoms with Crippen molar-refractivity contribution in [2.24, 2.45) is 5.92 Å². The van der Waals surface area contributed by atoms with Crippen LogP contribution in [-0.2, 0) is 4.79 Å². The Morgan fingerprint density at radius 3 is 2.50 bits per heavy atom. The Hall–Kier alpha value is -0.570. The lowest BCUT2D eigenvalue weighted by atomic mass is 10.0. The van der Waals surface area contributed by atoms with Gasteiger partial charge in [-0.25, -0.2) is 0 Å². The third-order valence-electron chi connectivity index (χ3n) is 2.30. The monoisotopic (exact) mass is 201 g/mol. The lowest BCUT2D eigenvalue weighted by Crippen LogP contribution is -2.29. The smallest absolute Gasteiger partial charge is 0.219 e. The van der Waals surface area contributed by atoms with Crippen LogP contribution in [0.15, 0.2) is 0 Å². The van der Waals surface area contributed by atoms with E-state index in [-0.39, 0.29) is 12.5 Å². The third-order valence-corrected chi connectivity index (χ3v) is 2.30. The fourth-order valence-corrected chi connectivity index (χ4v) is 1.51. The van der Waals surface area contributed by atoms with Gasteiger partial charge in [0.05, 0.1) is 0 Å². The van der Waals surface area contributed by atoms with Gasteiger partial charge in [-0.3, -0.25) is 4.79 Å². The molecule has 0 bridgehead atoms. The summed E-state index contributed by atoms with van der Waals surface area (Å²) in [4.78, 5) is 11.2. The summed E-state index contributed by atoms with van der Waals surface area (Å²) < 4.78 is 0. The fourth-order valence-electron chi connectivity index (χ4n) is 1.51. The zero-order chi connectivity index (χ0) is 10.8. The van der Waals surface area contributed by atoms with Crippen molar-refractivity contribution in [1.29, 1.82) is 0 Å². The van der Waals surface area contributed by atoms with Gasteiger partial charge in [-0.2, -0.15) is 0 Å². The van der Waals surface area contributed by atoms with Crippen LogP contribution in [0.3, 0.4) is 0 Å². The van der Waals surface area contributed by atoms with E-state index < -0.39 is 0 Å². The van der Waals surface area contributed by atoms with E-state index >= 15 is 0 Å². The van der Waals surface area contributed by atoms with Crippen LogP contribution in [-0.4, -0.2) is 24.2 Å². The summed E-state index contributed by atoms with van der Waals surface area (Å²) in [6, 6.07) is 0. The molecule has 1 atom stereocenters. The van der Waals surface area contributed by atoms with Crippen molar-refractivity contribution >= 4 is 5.91 Å². The van der Waals surface area contributed by atoms with Gasteiger partial charge in [0.15, 0.2) is 0 Å². The molecule has 0 saturated heterocycles. The molecule has 0 heterocycles.